The van der Waals surface area contributed by atoms with E-state index in [2.05, 4.69) is 13.2 Å². The lowest BCUT2D eigenvalue weighted by Crippen LogP contribution is -2.40. The molecule has 0 amide bonds. The van der Waals surface area contributed by atoms with Gasteiger partial charge in [-0.3, -0.25) is 4.79 Å². The van der Waals surface area contributed by atoms with Gasteiger partial charge in [-0.1, -0.05) is 31.4 Å². The third kappa shape index (κ3) is 1.01. The molecule has 2 aromatic rings. The highest BCUT2D eigenvalue weighted by Gasteiger charge is 2.01. The first-order chi connectivity index (χ1) is 6.63. The predicted octanol–water partition coefficient (Wildman–Crippen LogP) is 0.359. The molecule has 1 heterocycles. The number of aromatic nitrogens is 1. The Kier molecular flexibility index (Phi) is 1.78. The van der Waals surface area contributed by atoms with Crippen molar-refractivity contribution < 1.29 is 0 Å². The van der Waals surface area contributed by atoms with Crippen LogP contribution in [-0.4, -0.2) is 4.57 Å². The highest BCUT2D eigenvalue weighted by molar-refractivity contribution is 5.81. The molecule has 0 radical (unpaired) electrons. The molecule has 0 aliphatic heterocycles. The monoisotopic (exact) mass is 185 g/mol. The third-order valence-electron chi connectivity index (χ3n) is 2.54. The Bertz CT molecular complexity index is 652. The van der Waals surface area contributed by atoms with Crippen molar-refractivity contribution in [3.63, 3.8) is 0 Å². The minimum atomic E-state index is -0.0157. The van der Waals surface area contributed by atoms with Crippen LogP contribution in [0.15, 0.2) is 29.1 Å². The molecule has 2 rings (SSSR count). The van der Waals surface area contributed by atoms with Gasteiger partial charge < -0.3 is 4.57 Å². The van der Waals surface area contributed by atoms with Crippen molar-refractivity contribution in [2.45, 2.75) is 0 Å². The van der Waals surface area contributed by atoms with Crippen LogP contribution in [0.1, 0.15) is 0 Å². The summed E-state index contributed by atoms with van der Waals surface area (Å²) in [6.45, 7) is 7.76. The van der Waals surface area contributed by atoms with Crippen LogP contribution in [0.3, 0.4) is 0 Å². The first kappa shape index (κ1) is 8.75. The summed E-state index contributed by atoms with van der Waals surface area (Å²) >= 11 is 0. The summed E-state index contributed by atoms with van der Waals surface area (Å²) in [6, 6.07) is 7.46. The first-order valence-corrected chi connectivity index (χ1v) is 4.38. The van der Waals surface area contributed by atoms with Crippen molar-refractivity contribution in [1.29, 1.82) is 0 Å². The number of pyridine rings is 1. The summed E-state index contributed by atoms with van der Waals surface area (Å²) in [7, 11) is 1.71. The molecule has 0 saturated carbocycles. The summed E-state index contributed by atoms with van der Waals surface area (Å²) in [5.74, 6) is 0. The van der Waals surface area contributed by atoms with Gasteiger partial charge in [-0.05, 0) is 16.7 Å². The molecule has 0 atom stereocenters. The molecule has 1 aromatic heterocycles. The standard InChI is InChI=1S/C12H11NO/c1-8-9(2)13(3)12(14)11-7-5-4-6-10(8)11/h4-7H,1-2H2,3H3. The van der Waals surface area contributed by atoms with E-state index in [0.29, 0.717) is 10.7 Å². The van der Waals surface area contributed by atoms with Gasteiger partial charge in [-0.2, -0.15) is 0 Å². The Labute approximate surface area is 81.4 Å². The third-order valence-corrected chi connectivity index (χ3v) is 2.54. The Morgan fingerprint density at radius 2 is 1.71 bits per heavy atom. The quantitative estimate of drug-likeness (QED) is 0.581. The molecule has 0 unspecified atom stereocenters. The van der Waals surface area contributed by atoms with E-state index in [-0.39, 0.29) is 5.56 Å². The number of hydrogen-bond acceptors (Lipinski definition) is 1. The van der Waals surface area contributed by atoms with Crippen LogP contribution in [0.4, 0.5) is 0 Å². The average molecular weight is 185 g/mol. The van der Waals surface area contributed by atoms with Crippen LogP contribution in [-0.2, 0) is 7.05 Å². The van der Waals surface area contributed by atoms with Crippen molar-refractivity contribution in [2.75, 3.05) is 0 Å². The zero-order valence-corrected chi connectivity index (χ0v) is 8.08. The molecule has 1 aromatic carbocycles. The number of rotatable bonds is 0. The van der Waals surface area contributed by atoms with Crippen molar-refractivity contribution >= 4 is 23.9 Å². The fraction of sp³-hybridized carbons (Fsp3) is 0.0833. The lowest BCUT2D eigenvalue weighted by Gasteiger charge is -2.03. The summed E-state index contributed by atoms with van der Waals surface area (Å²) < 4.78 is 1.53. The molecule has 0 aliphatic rings. The number of benzene rings is 1. The molecular formula is C12H11NO. The number of nitrogens with zero attached hydrogens (tertiary/aromatic N) is 1. The van der Waals surface area contributed by atoms with Crippen molar-refractivity contribution in [3.8, 4) is 0 Å². The lowest BCUT2D eigenvalue weighted by molar-refractivity contribution is 0.834. The number of hydrogen-bond donors (Lipinski definition) is 0. The maximum atomic E-state index is 11.8. The van der Waals surface area contributed by atoms with Gasteiger partial charge in [-0.15, -0.1) is 0 Å². The van der Waals surface area contributed by atoms with E-state index in [1.807, 2.05) is 24.3 Å². The SMILES string of the molecule is C=c1c(=C)n(C)c(=O)c2ccccc12. The second-order valence-corrected chi connectivity index (χ2v) is 3.34. The minimum absolute atomic E-state index is 0.0157. The first-order valence-electron chi connectivity index (χ1n) is 4.38. The molecule has 0 saturated heterocycles. The molecule has 14 heavy (non-hydrogen) atoms. The van der Waals surface area contributed by atoms with E-state index < -0.39 is 0 Å². The van der Waals surface area contributed by atoms with E-state index in [1.165, 1.54) is 4.57 Å². The van der Waals surface area contributed by atoms with E-state index in [4.69, 9.17) is 0 Å². The van der Waals surface area contributed by atoms with Crippen LogP contribution in [0.25, 0.3) is 23.9 Å². The molecule has 0 N–H and O–H groups in total. The molecule has 70 valence electrons. The van der Waals surface area contributed by atoms with E-state index in [1.54, 1.807) is 7.05 Å². The fourth-order valence-electron chi connectivity index (χ4n) is 1.59. The molecule has 0 bridgehead atoms. The van der Waals surface area contributed by atoms with Gasteiger partial charge >= 0.3 is 0 Å². The van der Waals surface area contributed by atoms with Gasteiger partial charge in [0.05, 0.1) is 0 Å². The van der Waals surface area contributed by atoms with Crippen LogP contribution in [0, 0.1) is 0 Å². The van der Waals surface area contributed by atoms with Crippen molar-refractivity contribution in [2.24, 2.45) is 7.05 Å². The highest BCUT2D eigenvalue weighted by atomic mass is 16.1. The zero-order chi connectivity index (χ0) is 10.3. The summed E-state index contributed by atoms with van der Waals surface area (Å²) in [5, 5.41) is 3.09. The van der Waals surface area contributed by atoms with Crippen LogP contribution < -0.4 is 16.1 Å². The smallest absolute Gasteiger partial charge is 0.258 e. The maximum absolute atomic E-state index is 11.8. The maximum Gasteiger partial charge on any atom is 0.258 e. The molecule has 0 aliphatic carbocycles. The molecule has 2 nitrogen and oxygen atoms in total. The zero-order valence-electron chi connectivity index (χ0n) is 8.08. The Morgan fingerprint density at radius 3 is 2.36 bits per heavy atom. The van der Waals surface area contributed by atoms with Crippen LogP contribution in [0.2, 0.25) is 0 Å². The Morgan fingerprint density at radius 1 is 1.14 bits per heavy atom. The van der Waals surface area contributed by atoms with Gasteiger partial charge in [-0.25, -0.2) is 0 Å². The topological polar surface area (TPSA) is 22.0 Å². The number of fused-ring (bicyclic) bond motifs is 1. The largest absolute Gasteiger partial charge is 0.311 e. The van der Waals surface area contributed by atoms with Crippen LogP contribution >= 0.6 is 0 Å². The Balaban J connectivity index is 3.28. The summed E-state index contributed by atoms with van der Waals surface area (Å²) in [5.41, 5.74) is -0.0157. The predicted molar refractivity (Wildman–Crippen MR) is 59.5 cm³/mol. The highest BCUT2D eigenvalue weighted by Crippen LogP contribution is 2.01. The summed E-state index contributed by atoms with van der Waals surface area (Å²) in [4.78, 5) is 11.8. The van der Waals surface area contributed by atoms with Gasteiger partial charge in [0.15, 0.2) is 0 Å². The van der Waals surface area contributed by atoms with Crippen LogP contribution in [0.5, 0.6) is 0 Å². The van der Waals surface area contributed by atoms with Gasteiger partial charge in [0.1, 0.15) is 0 Å². The lowest BCUT2D eigenvalue weighted by atomic mass is 10.1. The van der Waals surface area contributed by atoms with E-state index in [9.17, 15) is 4.79 Å². The summed E-state index contributed by atoms with van der Waals surface area (Å²) in [6.07, 6.45) is 0. The Hall–Kier alpha value is -1.83. The molecular weight excluding hydrogens is 174 g/mol. The molecule has 0 spiro atoms. The van der Waals surface area contributed by atoms with Gasteiger partial charge in [0.25, 0.3) is 5.56 Å². The van der Waals surface area contributed by atoms with Crippen molar-refractivity contribution in [3.05, 3.63) is 45.2 Å². The van der Waals surface area contributed by atoms with E-state index >= 15 is 0 Å². The second-order valence-electron chi connectivity index (χ2n) is 3.34. The van der Waals surface area contributed by atoms with Gasteiger partial charge in [0.2, 0.25) is 0 Å². The molecule has 0 fully saturated rings. The van der Waals surface area contributed by atoms with Gasteiger partial charge in [0, 0.05) is 17.8 Å². The normalized spacial score (nSPS) is 10.6. The van der Waals surface area contributed by atoms with E-state index in [0.717, 1.165) is 10.6 Å². The average Bonchev–Trinajstić information content (AvgIpc) is 2.23. The fourth-order valence-corrected chi connectivity index (χ4v) is 1.59. The molecule has 2 heteroatoms. The van der Waals surface area contributed by atoms with Crippen molar-refractivity contribution in [1.82, 2.24) is 4.57 Å². The minimum Gasteiger partial charge on any atom is -0.311 e. The second kappa shape index (κ2) is 2.84.